The monoisotopic (exact) mass is 358 g/mol. The molecule has 7 nitrogen and oxygen atoms in total. The van der Waals surface area contributed by atoms with Crippen LogP contribution in [0.3, 0.4) is 0 Å². The van der Waals surface area contributed by atoms with E-state index < -0.39 is 12.1 Å². The molecule has 1 fully saturated rings. The highest BCUT2D eigenvalue weighted by atomic mass is 16.5. The molecule has 1 amide bonds. The summed E-state index contributed by atoms with van der Waals surface area (Å²) in [4.78, 5) is 24.4. The molecular weight excluding hydrogens is 336 g/mol. The van der Waals surface area contributed by atoms with Crippen molar-refractivity contribution in [3.8, 4) is 5.75 Å². The Morgan fingerprint density at radius 1 is 1.31 bits per heavy atom. The van der Waals surface area contributed by atoms with Gasteiger partial charge in [-0.25, -0.2) is 4.79 Å². The first kappa shape index (κ1) is 18.0. The lowest BCUT2D eigenvalue weighted by Gasteiger charge is -2.15. The van der Waals surface area contributed by atoms with E-state index in [4.69, 9.17) is 14.0 Å². The predicted octanol–water partition coefficient (Wildman–Crippen LogP) is 2.69. The van der Waals surface area contributed by atoms with Gasteiger partial charge in [0.05, 0.1) is 11.3 Å². The second kappa shape index (κ2) is 7.59. The number of ether oxygens (including phenoxy) is 2. The van der Waals surface area contributed by atoms with Gasteiger partial charge in [-0.1, -0.05) is 17.3 Å². The van der Waals surface area contributed by atoms with Crippen LogP contribution >= 0.6 is 0 Å². The molecule has 0 radical (unpaired) electrons. The number of esters is 1. The maximum Gasteiger partial charge on any atom is 0.342 e. The van der Waals surface area contributed by atoms with Crippen molar-refractivity contribution in [2.24, 2.45) is 0 Å². The van der Waals surface area contributed by atoms with Crippen LogP contribution in [0.25, 0.3) is 0 Å². The molecule has 0 bridgehead atoms. The molecule has 1 heterocycles. The molecular formula is C19H22N2O5. The number of para-hydroxylation sites is 1. The largest absolute Gasteiger partial charge is 0.488 e. The smallest absolute Gasteiger partial charge is 0.342 e. The van der Waals surface area contributed by atoms with Crippen molar-refractivity contribution in [3.63, 3.8) is 0 Å². The summed E-state index contributed by atoms with van der Waals surface area (Å²) in [7, 11) is 0. The number of carbonyl (C=O) groups is 2. The number of nitrogens with one attached hydrogen (secondary N) is 1. The van der Waals surface area contributed by atoms with E-state index in [1.165, 1.54) is 0 Å². The summed E-state index contributed by atoms with van der Waals surface area (Å²) in [5, 5.41) is 6.70. The molecule has 1 unspecified atom stereocenters. The van der Waals surface area contributed by atoms with E-state index in [2.05, 4.69) is 10.5 Å². The van der Waals surface area contributed by atoms with Crippen molar-refractivity contribution in [1.82, 2.24) is 10.5 Å². The Balaban J connectivity index is 1.65. The molecule has 138 valence electrons. The Morgan fingerprint density at radius 3 is 2.69 bits per heavy atom. The van der Waals surface area contributed by atoms with E-state index >= 15 is 0 Å². The molecule has 1 aliphatic rings. The van der Waals surface area contributed by atoms with Crippen LogP contribution in [0.15, 0.2) is 28.8 Å². The molecule has 1 aromatic carbocycles. The Kier molecular flexibility index (Phi) is 5.25. The maximum absolute atomic E-state index is 12.5. The molecule has 1 N–H and O–H groups in total. The van der Waals surface area contributed by atoms with Crippen LogP contribution in [0.2, 0.25) is 0 Å². The van der Waals surface area contributed by atoms with Gasteiger partial charge in [-0.3, -0.25) is 4.79 Å². The van der Waals surface area contributed by atoms with Crippen molar-refractivity contribution in [1.29, 1.82) is 0 Å². The zero-order valence-electron chi connectivity index (χ0n) is 15.1. The molecule has 1 atom stereocenters. The fourth-order valence-electron chi connectivity index (χ4n) is 2.44. The predicted molar refractivity (Wildman–Crippen MR) is 92.8 cm³/mol. The summed E-state index contributed by atoms with van der Waals surface area (Å²) < 4.78 is 16.2. The van der Waals surface area contributed by atoms with Crippen LogP contribution in [0.4, 0.5) is 0 Å². The van der Waals surface area contributed by atoms with Crippen molar-refractivity contribution in [3.05, 3.63) is 46.8 Å². The minimum atomic E-state index is -0.862. The van der Waals surface area contributed by atoms with E-state index in [-0.39, 0.29) is 24.1 Å². The third kappa shape index (κ3) is 4.22. The van der Waals surface area contributed by atoms with Crippen LogP contribution in [-0.2, 0) is 16.1 Å². The number of rotatable bonds is 7. The summed E-state index contributed by atoms with van der Waals surface area (Å²) in [6.45, 7) is 5.42. The van der Waals surface area contributed by atoms with E-state index in [0.717, 1.165) is 24.1 Å². The number of hydrogen-bond donors (Lipinski definition) is 1. The number of nitrogens with zero attached hydrogens (tertiary/aromatic N) is 1. The molecule has 7 heteroatoms. The van der Waals surface area contributed by atoms with E-state index in [1.807, 2.05) is 6.92 Å². The summed E-state index contributed by atoms with van der Waals surface area (Å²) >= 11 is 0. The average molecular weight is 358 g/mol. The fraction of sp³-hybridized carbons (Fsp3) is 0.421. The first-order valence-corrected chi connectivity index (χ1v) is 8.60. The number of benzene rings is 1. The van der Waals surface area contributed by atoms with Crippen molar-refractivity contribution in [2.75, 3.05) is 0 Å². The number of hydrogen-bond acceptors (Lipinski definition) is 6. The zero-order chi connectivity index (χ0) is 18.7. The number of aryl methyl sites for hydroxylation is 2. The van der Waals surface area contributed by atoms with Crippen LogP contribution in [0.5, 0.6) is 5.75 Å². The third-order valence-electron chi connectivity index (χ3n) is 4.24. The maximum atomic E-state index is 12.5. The highest BCUT2D eigenvalue weighted by Gasteiger charge is 2.28. The number of carbonyl (C=O) groups excluding carboxylic acids is 2. The summed E-state index contributed by atoms with van der Waals surface area (Å²) in [5.41, 5.74) is 1.85. The summed E-state index contributed by atoms with van der Waals surface area (Å²) in [6, 6.07) is 6.99. The van der Waals surface area contributed by atoms with Gasteiger partial charge >= 0.3 is 5.97 Å². The van der Waals surface area contributed by atoms with Crippen molar-refractivity contribution < 1.29 is 23.6 Å². The molecule has 0 saturated heterocycles. The van der Waals surface area contributed by atoms with Crippen LogP contribution in [0, 0.1) is 13.8 Å². The summed E-state index contributed by atoms with van der Waals surface area (Å²) in [6.07, 6.45) is 1.09. The zero-order valence-corrected chi connectivity index (χ0v) is 15.1. The molecule has 1 aromatic heterocycles. The lowest BCUT2D eigenvalue weighted by Crippen LogP contribution is -2.37. The van der Waals surface area contributed by atoms with Crippen LogP contribution in [0.1, 0.15) is 47.1 Å². The van der Waals surface area contributed by atoms with Gasteiger partial charge in [-0.05, 0) is 45.7 Å². The topological polar surface area (TPSA) is 90.7 Å². The highest BCUT2D eigenvalue weighted by molar-refractivity contribution is 5.94. The van der Waals surface area contributed by atoms with Crippen molar-refractivity contribution >= 4 is 11.9 Å². The molecule has 26 heavy (non-hydrogen) atoms. The third-order valence-corrected chi connectivity index (χ3v) is 4.24. The lowest BCUT2D eigenvalue weighted by molar-refractivity contribution is -0.129. The van der Waals surface area contributed by atoms with Crippen LogP contribution < -0.4 is 10.1 Å². The lowest BCUT2D eigenvalue weighted by atomic mass is 10.2. The first-order valence-electron chi connectivity index (χ1n) is 8.60. The quantitative estimate of drug-likeness (QED) is 0.765. The molecule has 1 aliphatic carbocycles. The molecule has 0 spiro atoms. The van der Waals surface area contributed by atoms with Gasteiger partial charge < -0.3 is 19.3 Å². The molecule has 0 aliphatic heterocycles. The minimum Gasteiger partial charge on any atom is -0.488 e. The van der Waals surface area contributed by atoms with Crippen LogP contribution in [-0.4, -0.2) is 29.2 Å². The Hall–Kier alpha value is -2.83. The van der Waals surface area contributed by atoms with E-state index in [9.17, 15) is 9.59 Å². The molecule has 1 saturated carbocycles. The van der Waals surface area contributed by atoms with Gasteiger partial charge in [0.2, 0.25) is 0 Å². The normalized spacial score (nSPS) is 14.6. The van der Waals surface area contributed by atoms with E-state index in [0.29, 0.717) is 11.5 Å². The minimum absolute atomic E-state index is 0.217. The van der Waals surface area contributed by atoms with Crippen molar-refractivity contribution in [2.45, 2.75) is 52.4 Å². The summed E-state index contributed by atoms with van der Waals surface area (Å²) in [5.74, 6) is 0.174. The van der Waals surface area contributed by atoms with Gasteiger partial charge in [0, 0.05) is 6.04 Å². The second-order valence-corrected chi connectivity index (χ2v) is 6.42. The molecule has 3 rings (SSSR count). The van der Waals surface area contributed by atoms with Gasteiger partial charge in [0.25, 0.3) is 5.91 Å². The number of amides is 1. The van der Waals surface area contributed by atoms with Gasteiger partial charge in [-0.2, -0.15) is 0 Å². The SMILES string of the molecule is Cc1noc(C)c1COc1ccccc1C(=O)OC(C)C(=O)NC1CC1. The standard InChI is InChI=1S/C19H22N2O5/c1-11-16(12(2)26-21-11)10-24-17-7-5-4-6-15(17)19(23)25-13(3)18(22)20-14-8-9-14/h4-7,13-14H,8-10H2,1-3H3,(H,20,22). The van der Waals surface area contributed by atoms with Gasteiger partial charge in [0.15, 0.2) is 6.10 Å². The second-order valence-electron chi connectivity index (χ2n) is 6.42. The number of aromatic nitrogens is 1. The fourth-order valence-corrected chi connectivity index (χ4v) is 2.44. The molecule has 2 aromatic rings. The van der Waals surface area contributed by atoms with Gasteiger partial charge in [-0.15, -0.1) is 0 Å². The average Bonchev–Trinajstić information content (AvgIpc) is 3.38. The Bertz CT molecular complexity index is 791. The first-order chi connectivity index (χ1) is 12.5. The van der Waals surface area contributed by atoms with E-state index in [1.54, 1.807) is 38.1 Å². The Labute approximate surface area is 151 Å². The van der Waals surface area contributed by atoms with Gasteiger partial charge in [0.1, 0.15) is 23.7 Å². The Morgan fingerprint density at radius 2 is 2.04 bits per heavy atom. The highest BCUT2D eigenvalue weighted by Crippen LogP contribution is 2.23.